The minimum atomic E-state index is -3.62. The van der Waals surface area contributed by atoms with Crippen LogP contribution in [0.15, 0.2) is 30.5 Å². The first kappa shape index (κ1) is 18.8. The zero-order chi connectivity index (χ0) is 17.9. The zero-order valence-electron chi connectivity index (χ0n) is 13.0. The third-order valence-electron chi connectivity index (χ3n) is 3.19. The summed E-state index contributed by atoms with van der Waals surface area (Å²) in [7, 11) is -3.62. The van der Waals surface area contributed by atoms with Crippen LogP contribution >= 0.6 is 23.2 Å². The Morgan fingerprint density at radius 2 is 2.00 bits per heavy atom. The van der Waals surface area contributed by atoms with Crippen molar-refractivity contribution in [1.82, 2.24) is 9.88 Å². The van der Waals surface area contributed by atoms with E-state index in [4.69, 9.17) is 27.4 Å². The van der Waals surface area contributed by atoms with Crippen LogP contribution in [0.4, 0.5) is 0 Å². The molecule has 2 aromatic rings. The highest BCUT2D eigenvalue weighted by Crippen LogP contribution is 2.32. The van der Waals surface area contributed by atoms with Gasteiger partial charge in [-0.3, -0.25) is 8.98 Å². The summed E-state index contributed by atoms with van der Waals surface area (Å²) in [4.78, 5) is 11.1. The van der Waals surface area contributed by atoms with Crippen LogP contribution in [-0.2, 0) is 32.2 Å². The topological polar surface area (TPSA) is 77.4 Å². The van der Waals surface area contributed by atoms with Gasteiger partial charge in [0.1, 0.15) is 0 Å². The highest BCUT2D eigenvalue weighted by atomic mass is 35.5. The molecule has 1 N–H and O–H groups in total. The third-order valence-corrected chi connectivity index (χ3v) is 4.52. The van der Waals surface area contributed by atoms with Gasteiger partial charge in [0.25, 0.3) is 10.1 Å². The van der Waals surface area contributed by atoms with Crippen molar-refractivity contribution in [2.75, 3.05) is 6.26 Å². The molecule has 0 bridgehead atoms. The fourth-order valence-corrected chi connectivity index (χ4v) is 2.98. The summed E-state index contributed by atoms with van der Waals surface area (Å²) in [5, 5.41) is 3.31. The molecule has 2 rings (SSSR count). The lowest BCUT2D eigenvalue weighted by Crippen LogP contribution is -2.20. The van der Waals surface area contributed by atoms with Gasteiger partial charge < -0.3 is 9.88 Å². The van der Waals surface area contributed by atoms with Gasteiger partial charge in [0.15, 0.2) is 0 Å². The Bertz CT molecular complexity index is 862. The maximum atomic E-state index is 11.2. The van der Waals surface area contributed by atoms with Crippen molar-refractivity contribution in [3.63, 3.8) is 0 Å². The Morgan fingerprint density at radius 3 is 2.62 bits per heavy atom. The van der Waals surface area contributed by atoms with Crippen molar-refractivity contribution in [3.05, 3.63) is 51.8 Å². The average molecular weight is 391 g/mol. The molecule has 0 saturated carbocycles. The number of rotatable bonds is 6. The molecule has 0 spiro atoms. The predicted molar refractivity (Wildman–Crippen MR) is 92.9 cm³/mol. The van der Waals surface area contributed by atoms with Crippen molar-refractivity contribution in [2.45, 2.75) is 20.1 Å². The largest absolute Gasteiger partial charge is 0.351 e. The van der Waals surface area contributed by atoms with Crippen molar-refractivity contribution < 1.29 is 17.4 Å². The Kier molecular flexibility index (Phi) is 5.92. The van der Waals surface area contributed by atoms with E-state index < -0.39 is 10.1 Å². The van der Waals surface area contributed by atoms with Gasteiger partial charge in [-0.25, -0.2) is 0 Å². The maximum Gasteiger partial charge on any atom is 0.264 e. The average Bonchev–Trinajstić information content (AvgIpc) is 2.92. The van der Waals surface area contributed by atoms with Crippen LogP contribution in [0.1, 0.15) is 18.2 Å². The number of carbonyl (C=O) groups excluding carboxylic acids is 1. The lowest BCUT2D eigenvalue weighted by Gasteiger charge is -2.15. The minimum Gasteiger partial charge on any atom is -0.351 e. The predicted octanol–water partition coefficient (Wildman–Crippen LogP) is 2.90. The van der Waals surface area contributed by atoms with Gasteiger partial charge in [-0.2, -0.15) is 8.42 Å². The molecule has 1 aromatic carbocycles. The molecule has 1 amide bonds. The van der Waals surface area contributed by atoms with Crippen LogP contribution in [0, 0.1) is 0 Å². The van der Waals surface area contributed by atoms with E-state index in [1.807, 2.05) is 12.1 Å². The van der Waals surface area contributed by atoms with Crippen LogP contribution in [0.3, 0.4) is 0 Å². The number of nitrogens with one attached hydrogen (secondary N) is 1. The smallest absolute Gasteiger partial charge is 0.264 e. The summed E-state index contributed by atoms with van der Waals surface area (Å²) in [6.45, 7) is 1.51. The van der Waals surface area contributed by atoms with Gasteiger partial charge in [0.2, 0.25) is 5.91 Å². The molecule has 0 atom stereocenters. The van der Waals surface area contributed by atoms with Crippen LogP contribution in [0.5, 0.6) is 0 Å². The van der Waals surface area contributed by atoms with Gasteiger partial charge in [-0.15, -0.1) is 0 Å². The van der Waals surface area contributed by atoms with Gasteiger partial charge in [-0.05, 0) is 24.3 Å². The molecule has 130 valence electrons. The van der Waals surface area contributed by atoms with Crippen molar-refractivity contribution in [2.24, 2.45) is 0 Å². The van der Waals surface area contributed by atoms with Crippen molar-refractivity contribution in [3.8, 4) is 5.69 Å². The second-order valence-corrected chi connectivity index (χ2v) is 7.53. The molecule has 0 aliphatic heterocycles. The number of aromatic nitrogens is 1. The minimum absolute atomic E-state index is 0.146. The molecule has 24 heavy (non-hydrogen) atoms. The van der Waals surface area contributed by atoms with Gasteiger partial charge in [0.05, 0.1) is 30.1 Å². The monoisotopic (exact) mass is 390 g/mol. The molecule has 0 unspecified atom stereocenters. The molecule has 9 heteroatoms. The molecule has 0 saturated heterocycles. The van der Waals surface area contributed by atoms with Crippen LogP contribution in [0.2, 0.25) is 10.0 Å². The van der Waals surface area contributed by atoms with Gasteiger partial charge in [-0.1, -0.05) is 23.2 Å². The SMILES string of the molecule is CC(=O)NCc1cccn1-c1ccc(Cl)c(COS(C)(=O)=O)c1Cl. The lowest BCUT2D eigenvalue weighted by atomic mass is 10.2. The van der Waals surface area contributed by atoms with Crippen LogP contribution in [-0.4, -0.2) is 25.1 Å². The summed E-state index contributed by atoms with van der Waals surface area (Å²) in [6.07, 6.45) is 2.74. The number of benzene rings is 1. The highest BCUT2D eigenvalue weighted by Gasteiger charge is 2.16. The molecular weight excluding hydrogens is 375 g/mol. The molecule has 1 aromatic heterocycles. The molecule has 0 fully saturated rings. The Hall–Kier alpha value is -1.54. The number of carbonyl (C=O) groups is 1. The van der Waals surface area contributed by atoms with E-state index in [1.54, 1.807) is 22.9 Å². The highest BCUT2D eigenvalue weighted by molar-refractivity contribution is 7.85. The van der Waals surface area contributed by atoms with E-state index >= 15 is 0 Å². The molecule has 6 nitrogen and oxygen atoms in total. The fraction of sp³-hybridized carbons (Fsp3) is 0.267. The zero-order valence-corrected chi connectivity index (χ0v) is 15.4. The first-order valence-electron chi connectivity index (χ1n) is 6.91. The molecular formula is C15H16Cl2N2O4S. The quantitative estimate of drug-likeness (QED) is 0.769. The van der Waals surface area contributed by atoms with Gasteiger partial charge >= 0.3 is 0 Å². The molecule has 0 radical (unpaired) electrons. The lowest BCUT2D eigenvalue weighted by molar-refractivity contribution is -0.119. The Morgan fingerprint density at radius 1 is 1.29 bits per heavy atom. The van der Waals surface area contributed by atoms with Crippen LogP contribution in [0.25, 0.3) is 5.69 Å². The molecule has 0 aliphatic rings. The summed E-state index contributed by atoms with van der Waals surface area (Å²) < 4.78 is 29.0. The van der Waals surface area contributed by atoms with Gasteiger partial charge in [0, 0.05) is 29.4 Å². The van der Waals surface area contributed by atoms with Crippen molar-refractivity contribution in [1.29, 1.82) is 0 Å². The summed E-state index contributed by atoms with van der Waals surface area (Å²) >= 11 is 12.5. The van der Waals surface area contributed by atoms with E-state index in [-0.39, 0.29) is 17.5 Å². The maximum absolute atomic E-state index is 11.2. The molecule has 1 heterocycles. The van der Waals surface area contributed by atoms with E-state index in [0.29, 0.717) is 22.8 Å². The number of hydrogen-bond donors (Lipinski definition) is 1. The number of nitrogens with zero attached hydrogens (tertiary/aromatic N) is 1. The summed E-state index contributed by atoms with van der Waals surface area (Å²) in [6, 6.07) is 6.99. The first-order valence-corrected chi connectivity index (χ1v) is 9.48. The number of halogens is 2. The Balaban J connectivity index is 2.39. The number of hydrogen-bond acceptors (Lipinski definition) is 4. The van der Waals surface area contributed by atoms with E-state index in [1.165, 1.54) is 6.92 Å². The summed E-state index contributed by atoms with van der Waals surface area (Å²) in [5.74, 6) is -0.146. The van der Waals surface area contributed by atoms with E-state index in [2.05, 4.69) is 5.32 Å². The first-order chi connectivity index (χ1) is 11.2. The summed E-state index contributed by atoms with van der Waals surface area (Å²) in [5.41, 5.74) is 1.79. The second-order valence-electron chi connectivity index (χ2n) is 5.10. The van der Waals surface area contributed by atoms with E-state index in [0.717, 1.165) is 11.9 Å². The fourth-order valence-electron chi connectivity index (χ4n) is 2.08. The van der Waals surface area contributed by atoms with Crippen LogP contribution < -0.4 is 5.32 Å². The normalized spacial score (nSPS) is 11.5. The van der Waals surface area contributed by atoms with Crippen molar-refractivity contribution >= 4 is 39.2 Å². The Labute approximate surface area is 150 Å². The number of amides is 1. The third kappa shape index (κ3) is 4.73. The van der Waals surface area contributed by atoms with E-state index in [9.17, 15) is 13.2 Å². The second kappa shape index (κ2) is 7.57. The standard InChI is InChI=1S/C15H16Cl2N2O4S/c1-10(20)18-8-11-4-3-7-19(11)14-6-5-13(16)12(15(14)17)9-23-24(2,21)22/h3-7H,8-9H2,1-2H3,(H,18,20). The molecule has 0 aliphatic carbocycles.